The van der Waals surface area contributed by atoms with Crippen LogP contribution in [-0.2, 0) is 16.1 Å². The van der Waals surface area contributed by atoms with Crippen LogP contribution in [0.5, 0.6) is 0 Å². The third-order valence-corrected chi connectivity index (χ3v) is 3.61. The Kier molecular flexibility index (Phi) is 4.04. The average molecular weight is 329 g/mol. The Labute approximate surface area is 117 Å². The molecule has 19 heavy (non-hydrogen) atoms. The highest BCUT2D eigenvalue weighted by Gasteiger charge is 2.30. The monoisotopic (exact) mass is 328 g/mol. The molecular weight excluding hydrogens is 316 g/mol. The van der Waals surface area contributed by atoms with Crippen LogP contribution in [0.3, 0.4) is 0 Å². The molecule has 0 bridgehead atoms. The summed E-state index contributed by atoms with van der Waals surface area (Å²) in [5.74, 6) is -1.61. The van der Waals surface area contributed by atoms with Gasteiger partial charge in [0.15, 0.2) is 0 Å². The molecule has 0 aliphatic carbocycles. The van der Waals surface area contributed by atoms with E-state index in [9.17, 15) is 14.4 Å². The van der Waals surface area contributed by atoms with Gasteiger partial charge in [-0.05, 0) is 28.4 Å². The molecule has 2 heterocycles. The molecule has 1 N–H and O–H groups in total. The van der Waals surface area contributed by atoms with E-state index >= 15 is 0 Å². The lowest BCUT2D eigenvalue weighted by Crippen LogP contribution is -2.35. The zero-order valence-corrected chi connectivity index (χ0v) is 11.7. The summed E-state index contributed by atoms with van der Waals surface area (Å²) in [5.41, 5.74) is -0.259. The number of halogens is 1. The van der Waals surface area contributed by atoms with Crippen LogP contribution in [0.15, 0.2) is 27.6 Å². The van der Waals surface area contributed by atoms with Crippen LogP contribution in [0.25, 0.3) is 0 Å². The van der Waals surface area contributed by atoms with Gasteiger partial charge in [-0.3, -0.25) is 14.4 Å². The molecule has 1 aliphatic heterocycles. The van der Waals surface area contributed by atoms with Gasteiger partial charge in [0.1, 0.15) is 6.54 Å². The molecule has 0 spiro atoms. The number of pyridine rings is 1. The lowest BCUT2D eigenvalue weighted by atomic mass is 10.1. The number of aromatic nitrogens is 1. The zero-order valence-electron chi connectivity index (χ0n) is 10.1. The zero-order chi connectivity index (χ0) is 14.0. The summed E-state index contributed by atoms with van der Waals surface area (Å²) >= 11 is 3.24. The molecule has 1 fully saturated rings. The highest BCUT2D eigenvalue weighted by atomic mass is 79.9. The van der Waals surface area contributed by atoms with E-state index in [4.69, 9.17) is 5.11 Å². The summed E-state index contributed by atoms with van der Waals surface area (Å²) < 4.78 is 2.02. The molecule has 102 valence electrons. The van der Waals surface area contributed by atoms with E-state index < -0.39 is 11.9 Å². The number of nitrogens with zero attached hydrogens (tertiary/aromatic N) is 2. The van der Waals surface area contributed by atoms with Crippen molar-refractivity contribution in [3.05, 3.63) is 33.2 Å². The average Bonchev–Trinajstić information content (AvgIpc) is 2.83. The number of carboxylic acids is 1. The lowest BCUT2D eigenvalue weighted by Gasteiger charge is -2.16. The Balaban J connectivity index is 2.04. The van der Waals surface area contributed by atoms with Crippen molar-refractivity contribution in [1.29, 1.82) is 0 Å². The van der Waals surface area contributed by atoms with Crippen molar-refractivity contribution >= 4 is 27.8 Å². The Morgan fingerprint density at radius 1 is 1.42 bits per heavy atom. The number of aliphatic carboxylic acids is 1. The molecule has 1 atom stereocenters. The Morgan fingerprint density at radius 3 is 2.79 bits per heavy atom. The van der Waals surface area contributed by atoms with E-state index in [2.05, 4.69) is 15.9 Å². The molecule has 6 nitrogen and oxygen atoms in total. The number of carboxylic acid groups (broad SMARTS) is 1. The quantitative estimate of drug-likeness (QED) is 0.878. The summed E-state index contributed by atoms with van der Waals surface area (Å²) in [6.07, 6.45) is 2.01. The van der Waals surface area contributed by atoms with Crippen LogP contribution in [0.4, 0.5) is 0 Å². The molecule has 7 heteroatoms. The fourth-order valence-electron chi connectivity index (χ4n) is 2.06. The minimum atomic E-state index is -0.880. The van der Waals surface area contributed by atoms with E-state index in [1.165, 1.54) is 15.5 Å². The molecule has 0 unspecified atom stereocenters. The minimum Gasteiger partial charge on any atom is -0.481 e. The molecule has 0 radical (unpaired) electrons. The first kappa shape index (κ1) is 13.8. The second kappa shape index (κ2) is 5.56. The number of amides is 1. The van der Waals surface area contributed by atoms with Gasteiger partial charge in [-0.25, -0.2) is 0 Å². The Bertz CT molecular complexity index is 569. The Hall–Kier alpha value is -1.63. The highest BCUT2D eigenvalue weighted by Crippen LogP contribution is 2.16. The molecule has 1 aliphatic rings. The highest BCUT2D eigenvalue weighted by molar-refractivity contribution is 9.10. The SMILES string of the molecule is O=C(O)[C@H]1CCN(C(=O)Cn2cc(Br)ccc2=O)C1. The maximum Gasteiger partial charge on any atom is 0.308 e. The molecule has 0 aromatic carbocycles. The van der Waals surface area contributed by atoms with Gasteiger partial charge in [-0.2, -0.15) is 0 Å². The van der Waals surface area contributed by atoms with Gasteiger partial charge in [0, 0.05) is 29.8 Å². The maximum atomic E-state index is 12.0. The fraction of sp³-hybridized carbons (Fsp3) is 0.417. The fourth-order valence-corrected chi connectivity index (χ4v) is 2.44. The second-order valence-corrected chi connectivity index (χ2v) is 5.39. The minimum absolute atomic E-state index is 0.0649. The van der Waals surface area contributed by atoms with E-state index in [1.807, 2.05) is 0 Å². The van der Waals surface area contributed by atoms with Crippen molar-refractivity contribution in [1.82, 2.24) is 9.47 Å². The van der Waals surface area contributed by atoms with Crippen molar-refractivity contribution in [2.24, 2.45) is 5.92 Å². The lowest BCUT2D eigenvalue weighted by molar-refractivity contribution is -0.141. The van der Waals surface area contributed by atoms with Crippen LogP contribution in [0.1, 0.15) is 6.42 Å². The first-order chi connectivity index (χ1) is 8.97. The van der Waals surface area contributed by atoms with Crippen molar-refractivity contribution in [3.63, 3.8) is 0 Å². The van der Waals surface area contributed by atoms with Crippen LogP contribution in [-0.4, -0.2) is 39.5 Å². The largest absolute Gasteiger partial charge is 0.481 e. The van der Waals surface area contributed by atoms with Gasteiger partial charge in [-0.1, -0.05) is 0 Å². The number of carbonyl (C=O) groups is 2. The van der Waals surface area contributed by atoms with Gasteiger partial charge in [-0.15, -0.1) is 0 Å². The van der Waals surface area contributed by atoms with Crippen molar-refractivity contribution < 1.29 is 14.7 Å². The van der Waals surface area contributed by atoms with Gasteiger partial charge < -0.3 is 14.6 Å². The maximum absolute atomic E-state index is 12.0. The smallest absolute Gasteiger partial charge is 0.308 e. The van der Waals surface area contributed by atoms with E-state index in [0.717, 1.165) is 0 Å². The standard InChI is InChI=1S/C12H13BrN2O4/c13-9-1-2-10(16)15(6-9)7-11(17)14-4-3-8(5-14)12(18)19/h1-2,6,8H,3-5,7H2,(H,18,19)/t8-/m0/s1. The summed E-state index contributed by atoms with van der Waals surface area (Å²) in [5, 5.41) is 8.88. The summed E-state index contributed by atoms with van der Waals surface area (Å²) in [6.45, 7) is 0.583. The molecule has 2 rings (SSSR count). The molecule has 1 aromatic heterocycles. The van der Waals surface area contributed by atoms with Gasteiger partial charge in [0.2, 0.25) is 5.91 Å². The molecule has 0 saturated carbocycles. The summed E-state index contributed by atoms with van der Waals surface area (Å²) in [6, 6.07) is 2.99. The number of likely N-dealkylation sites (tertiary alicyclic amines) is 1. The first-order valence-electron chi connectivity index (χ1n) is 5.84. The van der Waals surface area contributed by atoms with Gasteiger partial charge >= 0.3 is 5.97 Å². The molecule has 1 saturated heterocycles. The summed E-state index contributed by atoms with van der Waals surface area (Å²) in [4.78, 5) is 35.9. The third-order valence-electron chi connectivity index (χ3n) is 3.14. The molecule has 1 amide bonds. The van der Waals surface area contributed by atoms with Gasteiger partial charge in [0.05, 0.1) is 5.92 Å². The number of hydrogen-bond acceptors (Lipinski definition) is 3. The van der Waals surface area contributed by atoms with Crippen LogP contribution in [0, 0.1) is 5.92 Å². The van der Waals surface area contributed by atoms with Crippen molar-refractivity contribution in [2.75, 3.05) is 13.1 Å². The topological polar surface area (TPSA) is 79.6 Å². The first-order valence-corrected chi connectivity index (χ1v) is 6.63. The number of carbonyl (C=O) groups excluding carboxylic acids is 1. The van der Waals surface area contributed by atoms with Crippen molar-refractivity contribution in [3.8, 4) is 0 Å². The van der Waals surface area contributed by atoms with E-state index in [1.54, 1.807) is 12.3 Å². The molecule has 1 aromatic rings. The van der Waals surface area contributed by atoms with Crippen LogP contribution >= 0.6 is 15.9 Å². The summed E-state index contributed by atoms with van der Waals surface area (Å²) in [7, 11) is 0. The molecular formula is C12H13BrN2O4. The van der Waals surface area contributed by atoms with E-state index in [0.29, 0.717) is 17.4 Å². The van der Waals surface area contributed by atoms with Crippen molar-refractivity contribution in [2.45, 2.75) is 13.0 Å². The predicted octanol–water partition coefficient (Wildman–Crippen LogP) is 0.544. The van der Waals surface area contributed by atoms with Crippen LogP contribution in [0.2, 0.25) is 0 Å². The number of rotatable bonds is 3. The second-order valence-electron chi connectivity index (χ2n) is 4.48. The Morgan fingerprint density at radius 2 is 2.16 bits per heavy atom. The van der Waals surface area contributed by atoms with Crippen LogP contribution < -0.4 is 5.56 Å². The third kappa shape index (κ3) is 3.23. The van der Waals surface area contributed by atoms with Gasteiger partial charge in [0.25, 0.3) is 5.56 Å². The predicted molar refractivity (Wildman–Crippen MR) is 70.7 cm³/mol. The normalized spacial score (nSPS) is 18.6. The number of hydrogen-bond donors (Lipinski definition) is 1. The van der Waals surface area contributed by atoms with E-state index in [-0.39, 0.29) is 24.6 Å².